The summed E-state index contributed by atoms with van der Waals surface area (Å²) in [6.07, 6.45) is 10.3. The van der Waals surface area contributed by atoms with E-state index in [0.29, 0.717) is 0 Å². The molecule has 0 aliphatic rings. The molecule has 0 spiro atoms. The lowest BCUT2D eigenvalue weighted by atomic mass is 10.0. The molecule has 0 aromatic carbocycles. The van der Waals surface area contributed by atoms with Crippen molar-refractivity contribution in [3.63, 3.8) is 0 Å². The molecular weight excluding hydrogens is 168 g/mol. The molecule has 0 rings (SSSR count). The van der Waals surface area contributed by atoms with Gasteiger partial charge >= 0.3 is 0 Å². The standard InChI is InChI=1S/C14H18/c1-6-9-10-12(4)13(5)11-14(7-2)8-3/h6-7,9-11H,1-2,4-5,8H2,3H3/b10-9-,14-11+. The van der Waals surface area contributed by atoms with Gasteiger partial charge in [0.1, 0.15) is 0 Å². The van der Waals surface area contributed by atoms with Crippen LogP contribution in [0.5, 0.6) is 0 Å². The molecule has 14 heavy (non-hydrogen) atoms. The molecule has 0 aromatic heterocycles. The third-order valence-electron chi connectivity index (χ3n) is 1.88. The monoisotopic (exact) mass is 186 g/mol. The second kappa shape index (κ2) is 6.90. The summed E-state index contributed by atoms with van der Waals surface area (Å²) in [5.74, 6) is 0. The minimum atomic E-state index is 0.901. The van der Waals surface area contributed by atoms with Gasteiger partial charge in [-0.25, -0.2) is 0 Å². The van der Waals surface area contributed by atoms with Crippen molar-refractivity contribution in [2.45, 2.75) is 13.3 Å². The van der Waals surface area contributed by atoms with E-state index in [9.17, 15) is 0 Å². The van der Waals surface area contributed by atoms with Gasteiger partial charge in [0.2, 0.25) is 0 Å². The van der Waals surface area contributed by atoms with E-state index in [2.05, 4.69) is 33.2 Å². The van der Waals surface area contributed by atoms with Crippen LogP contribution in [0, 0.1) is 0 Å². The Hall–Kier alpha value is -1.56. The zero-order valence-corrected chi connectivity index (χ0v) is 8.92. The fourth-order valence-electron chi connectivity index (χ4n) is 0.913. The zero-order chi connectivity index (χ0) is 11.0. The van der Waals surface area contributed by atoms with Crippen molar-refractivity contribution in [3.05, 3.63) is 73.4 Å². The lowest BCUT2D eigenvalue weighted by molar-refractivity contribution is 1.15. The molecular formula is C14H18. The van der Waals surface area contributed by atoms with Crippen molar-refractivity contribution in [2.24, 2.45) is 0 Å². The molecule has 0 atom stereocenters. The van der Waals surface area contributed by atoms with Crippen LogP contribution in [0.1, 0.15) is 13.3 Å². The van der Waals surface area contributed by atoms with Crippen molar-refractivity contribution in [1.82, 2.24) is 0 Å². The number of hydrogen-bond acceptors (Lipinski definition) is 0. The van der Waals surface area contributed by atoms with Crippen LogP contribution in [0.25, 0.3) is 0 Å². The number of allylic oxidation sites excluding steroid dienone is 8. The van der Waals surface area contributed by atoms with Crippen molar-refractivity contribution in [2.75, 3.05) is 0 Å². The van der Waals surface area contributed by atoms with Gasteiger partial charge < -0.3 is 0 Å². The second-order valence-electron chi connectivity index (χ2n) is 2.92. The van der Waals surface area contributed by atoms with Gasteiger partial charge in [-0.05, 0) is 23.1 Å². The Balaban J connectivity index is 4.55. The van der Waals surface area contributed by atoms with Crippen molar-refractivity contribution >= 4 is 0 Å². The van der Waals surface area contributed by atoms with Crippen molar-refractivity contribution in [1.29, 1.82) is 0 Å². The highest BCUT2D eigenvalue weighted by Crippen LogP contribution is 2.13. The summed E-state index contributed by atoms with van der Waals surface area (Å²) < 4.78 is 0. The molecule has 0 unspecified atom stereocenters. The quantitative estimate of drug-likeness (QED) is 0.540. The molecule has 0 fully saturated rings. The highest BCUT2D eigenvalue weighted by Gasteiger charge is 1.93. The first-order valence-corrected chi connectivity index (χ1v) is 4.66. The predicted molar refractivity (Wildman–Crippen MR) is 66.2 cm³/mol. The van der Waals surface area contributed by atoms with Gasteiger partial charge in [-0.15, -0.1) is 0 Å². The Morgan fingerprint density at radius 3 is 2.21 bits per heavy atom. The first kappa shape index (κ1) is 12.4. The Bertz CT molecular complexity index is 298. The van der Waals surface area contributed by atoms with E-state index in [0.717, 1.165) is 17.6 Å². The highest BCUT2D eigenvalue weighted by molar-refractivity contribution is 5.45. The molecule has 0 aliphatic carbocycles. The Labute approximate surface area is 87.3 Å². The summed E-state index contributed by atoms with van der Waals surface area (Å²) in [6.45, 7) is 17.3. The van der Waals surface area contributed by atoms with E-state index >= 15 is 0 Å². The largest absolute Gasteiger partial charge is 0.0991 e. The maximum Gasteiger partial charge on any atom is -0.0259 e. The van der Waals surface area contributed by atoms with Gasteiger partial charge in [0.05, 0.1) is 0 Å². The van der Waals surface area contributed by atoms with E-state index in [1.54, 1.807) is 6.08 Å². The topological polar surface area (TPSA) is 0 Å². The van der Waals surface area contributed by atoms with Crippen molar-refractivity contribution < 1.29 is 0 Å². The van der Waals surface area contributed by atoms with E-state index < -0.39 is 0 Å². The maximum absolute atomic E-state index is 3.93. The zero-order valence-electron chi connectivity index (χ0n) is 8.92. The molecule has 0 amide bonds. The van der Waals surface area contributed by atoms with Crippen LogP contribution in [0.15, 0.2) is 73.4 Å². The summed E-state index contributed by atoms with van der Waals surface area (Å²) in [7, 11) is 0. The van der Waals surface area contributed by atoms with E-state index in [4.69, 9.17) is 0 Å². The fraction of sp³-hybridized carbons (Fsp3) is 0.143. The summed E-state index contributed by atoms with van der Waals surface area (Å²) in [4.78, 5) is 0. The molecule has 0 N–H and O–H groups in total. The van der Waals surface area contributed by atoms with Crippen LogP contribution < -0.4 is 0 Å². The summed E-state index contributed by atoms with van der Waals surface area (Å²) in [6, 6.07) is 0. The van der Waals surface area contributed by atoms with Crippen molar-refractivity contribution in [3.8, 4) is 0 Å². The SMILES string of the molecule is C=C/C=C\C(=C)C(=C)/C=C(\C=C)CC. The lowest BCUT2D eigenvalue weighted by Crippen LogP contribution is -1.81. The first-order chi connectivity index (χ1) is 6.65. The summed E-state index contributed by atoms with van der Waals surface area (Å²) in [5, 5.41) is 0. The average molecular weight is 186 g/mol. The lowest BCUT2D eigenvalue weighted by Gasteiger charge is -2.01. The highest BCUT2D eigenvalue weighted by atomic mass is 14.0. The van der Waals surface area contributed by atoms with E-state index in [-0.39, 0.29) is 0 Å². The van der Waals surface area contributed by atoms with Gasteiger partial charge in [-0.1, -0.05) is 63.6 Å². The van der Waals surface area contributed by atoms with E-state index in [1.807, 2.05) is 24.3 Å². The van der Waals surface area contributed by atoms with E-state index in [1.165, 1.54) is 5.57 Å². The predicted octanol–water partition coefficient (Wildman–Crippen LogP) is 4.36. The Morgan fingerprint density at radius 2 is 1.79 bits per heavy atom. The molecule has 74 valence electrons. The maximum atomic E-state index is 3.93. The summed E-state index contributed by atoms with van der Waals surface area (Å²) >= 11 is 0. The minimum absolute atomic E-state index is 0.901. The van der Waals surface area contributed by atoms with Crippen LogP contribution in [0.2, 0.25) is 0 Å². The van der Waals surface area contributed by atoms with Crippen LogP contribution in [-0.2, 0) is 0 Å². The molecule has 0 nitrogen and oxygen atoms in total. The third-order valence-corrected chi connectivity index (χ3v) is 1.88. The first-order valence-electron chi connectivity index (χ1n) is 4.66. The van der Waals surface area contributed by atoms with Crippen LogP contribution in [0.4, 0.5) is 0 Å². The molecule has 0 heterocycles. The van der Waals surface area contributed by atoms with Crippen LogP contribution in [0.3, 0.4) is 0 Å². The van der Waals surface area contributed by atoms with Gasteiger partial charge in [0.15, 0.2) is 0 Å². The van der Waals surface area contributed by atoms with Gasteiger partial charge in [0.25, 0.3) is 0 Å². The fourth-order valence-corrected chi connectivity index (χ4v) is 0.913. The molecule has 0 aliphatic heterocycles. The minimum Gasteiger partial charge on any atom is -0.0991 e. The molecule has 0 saturated heterocycles. The van der Waals surface area contributed by atoms with Crippen LogP contribution in [-0.4, -0.2) is 0 Å². The average Bonchev–Trinajstić information content (AvgIpc) is 2.21. The number of hydrogen-bond donors (Lipinski definition) is 0. The molecule has 0 aromatic rings. The molecule has 0 heteroatoms. The van der Waals surface area contributed by atoms with Gasteiger partial charge in [-0.2, -0.15) is 0 Å². The Kier molecular flexibility index (Phi) is 6.13. The third kappa shape index (κ3) is 4.46. The molecule has 0 saturated carbocycles. The normalized spacial score (nSPS) is 11.4. The van der Waals surface area contributed by atoms with Gasteiger partial charge in [-0.3, -0.25) is 0 Å². The number of rotatable bonds is 6. The molecule has 0 radical (unpaired) electrons. The van der Waals surface area contributed by atoms with Gasteiger partial charge in [0, 0.05) is 0 Å². The molecule has 0 bridgehead atoms. The second-order valence-corrected chi connectivity index (χ2v) is 2.92. The summed E-state index contributed by atoms with van der Waals surface area (Å²) in [5.41, 5.74) is 2.99. The smallest absolute Gasteiger partial charge is 0.0259 e. The Morgan fingerprint density at radius 1 is 1.14 bits per heavy atom. The van der Waals surface area contributed by atoms with Crippen LogP contribution >= 0.6 is 0 Å².